The van der Waals surface area contributed by atoms with E-state index in [1.54, 1.807) is 14.0 Å². The van der Waals surface area contributed by atoms with Crippen molar-refractivity contribution in [2.24, 2.45) is 10.2 Å². The van der Waals surface area contributed by atoms with Crippen LogP contribution in [0.3, 0.4) is 0 Å². The van der Waals surface area contributed by atoms with E-state index in [0.717, 1.165) is 11.1 Å². The second-order valence-electron chi connectivity index (χ2n) is 5.64. The van der Waals surface area contributed by atoms with Gasteiger partial charge in [-0.1, -0.05) is 25.5 Å². The third kappa shape index (κ3) is 8.54. The fourth-order valence-electron chi connectivity index (χ4n) is 2.09. The monoisotopic (exact) mass is 441 g/mol. The third-order valence-corrected chi connectivity index (χ3v) is 3.68. The number of nitrogens with one attached hydrogen (secondary N) is 1. The van der Waals surface area contributed by atoms with Gasteiger partial charge in [-0.2, -0.15) is 34.0 Å². The summed E-state index contributed by atoms with van der Waals surface area (Å²) in [5.41, 5.74) is 3.25. The van der Waals surface area contributed by atoms with Crippen LogP contribution in [0.4, 0.5) is 11.4 Å². The van der Waals surface area contributed by atoms with E-state index >= 15 is 0 Å². The zero-order valence-corrected chi connectivity index (χ0v) is 18.4. The first-order valence-electron chi connectivity index (χ1n) is 8.48. The molecule has 2 rings (SSSR count). The summed E-state index contributed by atoms with van der Waals surface area (Å²) in [6, 6.07) is 15.9. The van der Waals surface area contributed by atoms with E-state index in [-0.39, 0.29) is 51.2 Å². The van der Waals surface area contributed by atoms with Crippen molar-refractivity contribution in [3.8, 4) is 0 Å². The van der Waals surface area contributed by atoms with Gasteiger partial charge in [0.2, 0.25) is 5.91 Å². The summed E-state index contributed by atoms with van der Waals surface area (Å²) in [4.78, 5) is 22.4. The molecule has 6 nitrogen and oxygen atoms in total. The van der Waals surface area contributed by atoms with Gasteiger partial charge in [-0.25, -0.2) is 0 Å². The minimum Gasteiger partial charge on any atom is -0.461 e. The predicted octanol–water partition coefficient (Wildman–Crippen LogP) is 4.03. The van der Waals surface area contributed by atoms with Crippen LogP contribution >= 0.6 is 0 Å². The molecule has 0 saturated carbocycles. The number of carbonyl (C=O) groups is 2. The summed E-state index contributed by atoms with van der Waals surface area (Å²) in [5, 5.41) is 10.9. The summed E-state index contributed by atoms with van der Waals surface area (Å²) >= 11 is 0. The second kappa shape index (κ2) is 12.5. The summed E-state index contributed by atoms with van der Waals surface area (Å²) in [6.45, 7) is 2.02. The first kappa shape index (κ1) is 23.1. The Kier molecular flexibility index (Phi) is 10.7. The maximum atomic E-state index is 11.2. The van der Waals surface area contributed by atoms with E-state index in [2.05, 4.69) is 21.6 Å². The fourth-order valence-corrected chi connectivity index (χ4v) is 2.09. The molecular formula is C20H22N3O3Y-. The van der Waals surface area contributed by atoms with E-state index in [1.165, 1.54) is 0 Å². The Morgan fingerprint density at radius 2 is 1.78 bits per heavy atom. The Bertz CT molecular complexity index is 694. The molecule has 1 radical (unpaired) electrons. The van der Waals surface area contributed by atoms with Crippen molar-refractivity contribution in [1.82, 2.24) is 5.32 Å². The van der Waals surface area contributed by atoms with Crippen LogP contribution in [0.25, 0.3) is 0 Å². The molecule has 27 heavy (non-hydrogen) atoms. The minimum absolute atomic E-state index is 0. The van der Waals surface area contributed by atoms with Crippen LogP contribution in [0.15, 0.2) is 52.7 Å². The number of ether oxygens (including phenoxy) is 1. The molecule has 0 bridgehead atoms. The van der Waals surface area contributed by atoms with Crippen LogP contribution in [-0.2, 0) is 60.1 Å². The quantitative estimate of drug-likeness (QED) is 0.382. The molecular weight excluding hydrogens is 419 g/mol. The molecule has 0 fully saturated rings. The number of rotatable bonds is 8. The molecule has 1 N–H and O–H groups in total. The number of carbonyl (C=O) groups excluding carboxylic acids is 2. The largest absolute Gasteiger partial charge is 0.461 e. The Morgan fingerprint density at radius 3 is 2.37 bits per heavy atom. The van der Waals surface area contributed by atoms with Crippen LogP contribution in [0.2, 0.25) is 0 Å². The molecule has 0 spiro atoms. The van der Waals surface area contributed by atoms with Crippen molar-refractivity contribution in [2.75, 3.05) is 7.05 Å². The Balaban J connectivity index is 0.00000364. The maximum absolute atomic E-state index is 11.2. The van der Waals surface area contributed by atoms with Crippen molar-refractivity contribution in [2.45, 2.75) is 32.8 Å². The topological polar surface area (TPSA) is 80.1 Å². The molecule has 1 amide bonds. The molecule has 0 aliphatic rings. The molecule has 7 heteroatoms. The van der Waals surface area contributed by atoms with Gasteiger partial charge in [-0.05, 0) is 23.4 Å². The number of esters is 1. The van der Waals surface area contributed by atoms with Crippen molar-refractivity contribution >= 4 is 23.3 Å². The summed E-state index contributed by atoms with van der Waals surface area (Å²) < 4.78 is 5.08. The number of hydrogen-bond donors (Lipinski definition) is 1. The molecule has 0 heterocycles. The van der Waals surface area contributed by atoms with Gasteiger partial charge in [0, 0.05) is 52.6 Å². The van der Waals surface area contributed by atoms with E-state index in [4.69, 9.17) is 4.74 Å². The van der Waals surface area contributed by atoms with Gasteiger partial charge < -0.3 is 10.1 Å². The summed E-state index contributed by atoms with van der Waals surface area (Å²) in [5.74, 6) is -0.204. The number of aryl methyl sites for hydroxylation is 1. The van der Waals surface area contributed by atoms with Crippen molar-refractivity contribution in [1.29, 1.82) is 0 Å². The predicted molar refractivity (Wildman–Crippen MR) is 98.4 cm³/mol. The van der Waals surface area contributed by atoms with Crippen molar-refractivity contribution < 1.29 is 47.0 Å². The average molecular weight is 441 g/mol. The van der Waals surface area contributed by atoms with Crippen LogP contribution in [0.5, 0.6) is 0 Å². The fraction of sp³-hybridized carbons (Fsp3) is 0.300. The molecule has 0 aliphatic carbocycles. The van der Waals surface area contributed by atoms with Gasteiger partial charge in [-0.3, -0.25) is 9.59 Å². The molecule has 0 saturated heterocycles. The Hall–Kier alpha value is -1.92. The molecule has 0 unspecified atom stereocenters. The first-order chi connectivity index (χ1) is 12.6. The van der Waals surface area contributed by atoms with Gasteiger partial charge in [0.25, 0.3) is 0 Å². The molecule has 2 aromatic rings. The van der Waals surface area contributed by atoms with E-state index in [9.17, 15) is 9.59 Å². The van der Waals surface area contributed by atoms with Gasteiger partial charge in [0.1, 0.15) is 6.61 Å². The zero-order valence-electron chi connectivity index (χ0n) is 15.6. The maximum Gasteiger partial charge on any atom is 0.305 e. The second-order valence-corrected chi connectivity index (χ2v) is 5.64. The number of azo groups is 1. The third-order valence-electron chi connectivity index (χ3n) is 3.68. The van der Waals surface area contributed by atoms with Gasteiger partial charge in [0.15, 0.2) is 0 Å². The Labute approximate surface area is 184 Å². The van der Waals surface area contributed by atoms with Crippen molar-refractivity contribution in [3.05, 3.63) is 59.7 Å². The summed E-state index contributed by atoms with van der Waals surface area (Å²) in [7, 11) is 1.63. The molecule has 0 aliphatic heterocycles. The van der Waals surface area contributed by atoms with Crippen LogP contribution in [-0.4, -0.2) is 18.9 Å². The number of benzene rings is 2. The standard InChI is InChI=1S/C20H22N3O3.Y/c1-3-20(25)26-14-16-6-11-18(12-7-16)23-22-17-9-4-15(5-10-17)8-13-19(24)21-2;/h4-7,9,11-12H,3,8,13-14H2,1-2H3,(H,21,24);/q-1;. The Morgan fingerprint density at radius 1 is 1.07 bits per heavy atom. The normalized spacial score (nSPS) is 10.3. The van der Waals surface area contributed by atoms with Gasteiger partial charge >= 0.3 is 5.97 Å². The average Bonchev–Trinajstić information content (AvgIpc) is 2.70. The number of nitrogens with zero attached hydrogens (tertiary/aromatic N) is 2. The molecule has 2 aromatic carbocycles. The smallest absolute Gasteiger partial charge is 0.305 e. The van der Waals surface area contributed by atoms with Crippen LogP contribution in [0.1, 0.15) is 30.9 Å². The van der Waals surface area contributed by atoms with Crippen LogP contribution < -0.4 is 5.32 Å². The number of amides is 1. The van der Waals surface area contributed by atoms with Crippen molar-refractivity contribution in [3.63, 3.8) is 0 Å². The van der Waals surface area contributed by atoms with Crippen LogP contribution in [0, 0.1) is 6.07 Å². The van der Waals surface area contributed by atoms with Gasteiger partial charge in [-0.15, -0.1) is 6.07 Å². The SMILES string of the molecule is CCC(=O)OCc1ccc(N=Nc2[c-]cc(CCC(=O)NC)cc2)cc1.[Y]. The minimum atomic E-state index is -0.219. The molecule has 0 atom stereocenters. The van der Waals surface area contributed by atoms with E-state index < -0.39 is 0 Å². The van der Waals surface area contributed by atoms with E-state index in [0.29, 0.717) is 30.6 Å². The summed E-state index contributed by atoms with van der Waals surface area (Å²) in [6.07, 6.45) is 1.48. The van der Waals surface area contributed by atoms with E-state index in [1.807, 2.05) is 42.5 Å². The molecule has 139 valence electrons. The van der Waals surface area contributed by atoms with Gasteiger partial charge in [0.05, 0.1) is 5.69 Å². The zero-order chi connectivity index (χ0) is 18.8. The molecule has 0 aromatic heterocycles. The number of hydrogen-bond acceptors (Lipinski definition) is 5. The first-order valence-corrected chi connectivity index (χ1v) is 8.48.